The van der Waals surface area contributed by atoms with Gasteiger partial charge < -0.3 is 10.1 Å². The maximum absolute atomic E-state index is 11.8. The standard InChI is InChI=1S/C14H17BrF3NO2S/c1-10(22-12-5-3-11(15)4-6-12)13(20)19-7-2-8-21-9-14(16,17)18/h3-6,10H,2,7-9H2,1H3,(H,19,20). The topological polar surface area (TPSA) is 38.3 Å². The zero-order chi connectivity index (χ0) is 16.6. The third kappa shape index (κ3) is 8.65. The molecule has 8 heteroatoms. The summed E-state index contributed by atoms with van der Waals surface area (Å²) >= 11 is 4.76. The molecule has 1 unspecified atom stereocenters. The van der Waals surface area contributed by atoms with Crippen LogP contribution in [0.5, 0.6) is 0 Å². The lowest BCUT2D eigenvalue weighted by molar-refractivity contribution is -0.174. The Kier molecular flexibility index (Phi) is 8.27. The highest BCUT2D eigenvalue weighted by Crippen LogP contribution is 2.24. The second-order valence-corrected chi connectivity index (χ2v) is 6.86. The van der Waals surface area contributed by atoms with Crippen molar-refractivity contribution < 1.29 is 22.7 Å². The third-order valence-electron chi connectivity index (χ3n) is 2.53. The lowest BCUT2D eigenvalue weighted by Gasteiger charge is -2.12. The number of benzene rings is 1. The number of amides is 1. The molecule has 1 aromatic carbocycles. The molecule has 0 aliphatic carbocycles. The molecule has 3 nitrogen and oxygen atoms in total. The van der Waals surface area contributed by atoms with Crippen molar-refractivity contribution in [3.05, 3.63) is 28.7 Å². The Morgan fingerprint density at radius 3 is 2.59 bits per heavy atom. The van der Waals surface area contributed by atoms with E-state index in [0.29, 0.717) is 13.0 Å². The van der Waals surface area contributed by atoms with Gasteiger partial charge in [-0.2, -0.15) is 13.2 Å². The number of thioether (sulfide) groups is 1. The van der Waals surface area contributed by atoms with Crippen LogP contribution in [0.4, 0.5) is 13.2 Å². The van der Waals surface area contributed by atoms with Crippen molar-refractivity contribution in [1.29, 1.82) is 0 Å². The second-order valence-electron chi connectivity index (χ2n) is 4.53. The Labute approximate surface area is 140 Å². The van der Waals surface area contributed by atoms with Gasteiger partial charge in [-0.25, -0.2) is 0 Å². The van der Waals surface area contributed by atoms with Crippen LogP contribution < -0.4 is 5.32 Å². The number of hydrogen-bond acceptors (Lipinski definition) is 3. The highest BCUT2D eigenvalue weighted by atomic mass is 79.9. The van der Waals surface area contributed by atoms with Crippen molar-refractivity contribution >= 4 is 33.6 Å². The molecule has 1 N–H and O–H groups in total. The van der Waals surface area contributed by atoms with Crippen LogP contribution in [0.15, 0.2) is 33.6 Å². The minimum Gasteiger partial charge on any atom is -0.372 e. The molecule has 0 aromatic heterocycles. The van der Waals surface area contributed by atoms with E-state index >= 15 is 0 Å². The quantitative estimate of drug-likeness (QED) is 0.529. The molecule has 1 atom stereocenters. The van der Waals surface area contributed by atoms with Crippen molar-refractivity contribution in [2.75, 3.05) is 19.8 Å². The van der Waals surface area contributed by atoms with Gasteiger partial charge in [-0.15, -0.1) is 11.8 Å². The Bertz CT molecular complexity index is 468. The molecule has 0 aliphatic heterocycles. The molecule has 0 aliphatic rings. The van der Waals surface area contributed by atoms with Crippen molar-refractivity contribution in [2.24, 2.45) is 0 Å². The first kappa shape index (κ1) is 19.3. The van der Waals surface area contributed by atoms with Gasteiger partial charge in [0.2, 0.25) is 5.91 Å². The maximum Gasteiger partial charge on any atom is 0.411 e. The normalized spacial score (nSPS) is 13.0. The zero-order valence-corrected chi connectivity index (χ0v) is 14.4. The van der Waals surface area contributed by atoms with Gasteiger partial charge in [0.15, 0.2) is 0 Å². The maximum atomic E-state index is 11.8. The molecule has 0 fully saturated rings. The van der Waals surface area contributed by atoms with E-state index < -0.39 is 12.8 Å². The number of carbonyl (C=O) groups is 1. The molecule has 1 aromatic rings. The summed E-state index contributed by atoms with van der Waals surface area (Å²) < 4.78 is 40.9. The lowest BCUT2D eigenvalue weighted by atomic mass is 10.4. The summed E-state index contributed by atoms with van der Waals surface area (Å²) in [5, 5.41) is 2.40. The Morgan fingerprint density at radius 1 is 1.36 bits per heavy atom. The average molecular weight is 400 g/mol. The molecule has 124 valence electrons. The van der Waals surface area contributed by atoms with Crippen molar-refractivity contribution in [2.45, 2.75) is 29.7 Å². The summed E-state index contributed by atoms with van der Waals surface area (Å²) in [6.07, 6.45) is -3.96. The fourth-order valence-electron chi connectivity index (χ4n) is 1.49. The SMILES string of the molecule is CC(Sc1ccc(Br)cc1)C(=O)NCCCOCC(F)(F)F. The predicted molar refractivity (Wildman–Crippen MR) is 84.0 cm³/mol. The summed E-state index contributed by atoms with van der Waals surface area (Å²) in [6, 6.07) is 7.60. The summed E-state index contributed by atoms with van der Waals surface area (Å²) in [6.45, 7) is 0.787. The van der Waals surface area contributed by atoms with Crippen molar-refractivity contribution in [3.8, 4) is 0 Å². The number of carbonyl (C=O) groups excluding carboxylic acids is 1. The second kappa shape index (κ2) is 9.42. The van der Waals surface area contributed by atoms with Gasteiger partial charge in [0.1, 0.15) is 6.61 Å². The minimum absolute atomic E-state index is 0.0337. The van der Waals surface area contributed by atoms with E-state index in [1.807, 2.05) is 24.3 Å². The van der Waals surface area contributed by atoms with Crippen molar-refractivity contribution in [3.63, 3.8) is 0 Å². The van der Waals surface area contributed by atoms with Crippen LogP contribution in [-0.2, 0) is 9.53 Å². The largest absolute Gasteiger partial charge is 0.411 e. The predicted octanol–water partition coefficient (Wildman–Crippen LogP) is 4.01. The van der Waals surface area contributed by atoms with Crippen LogP contribution in [0.3, 0.4) is 0 Å². The first-order valence-corrected chi connectivity index (χ1v) is 8.29. The minimum atomic E-state index is -4.31. The van der Waals surface area contributed by atoms with Gasteiger partial charge in [-0.3, -0.25) is 4.79 Å². The molecule has 0 bridgehead atoms. The van der Waals surface area contributed by atoms with Crippen LogP contribution in [-0.4, -0.2) is 37.1 Å². The number of ether oxygens (including phenoxy) is 1. The van der Waals surface area contributed by atoms with E-state index in [1.54, 1.807) is 6.92 Å². The van der Waals surface area contributed by atoms with Crippen LogP contribution in [0.25, 0.3) is 0 Å². The molecule has 0 saturated carbocycles. The van der Waals surface area contributed by atoms with Crippen LogP contribution in [0.2, 0.25) is 0 Å². The van der Waals surface area contributed by atoms with E-state index in [2.05, 4.69) is 26.0 Å². The number of nitrogens with one attached hydrogen (secondary N) is 1. The summed E-state index contributed by atoms with van der Waals surface area (Å²) in [4.78, 5) is 12.8. The fourth-order valence-corrected chi connectivity index (χ4v) is 2.64. The van der Waals surface area contributed by atoms with Gasteiger partial charge in [0, 0.05) is 22.5 Å². The smallest absolute Gasteiger partial charge is 0.372 e. The summed E-state index contributed by atoms with van der Waals surface area (Å²) in [5.41, 5.74) is 0. The first-order valence-electron chi connectivity index (χ1n) is 6.62. The van der Waals surface area contributed by atoms with Gasteiger partial charge in [-0.05, 0) is 37.6 Å². The molecular weight excluding hydrogens is 383 g/mol. The molecule has 0 saturated heterocycles. The van der Waals surface area contributed by atoms with E-state index in [1.165, 1.54) is 11.8 Å². The number of halogens is 4. The van der Waals surface area contributed by atoms with E-state index in [9.17, 15) is 18.0 Å². The highest BCUT2D eigenvalue weighted by Gasteiger charge is 2.27. The van der Waals surface area contributed by atoms with Crippen molar-refractivity contribution in [1.82, 2.24) is 5.32 Å². The van der Waals surface area contributed by atoms with Gasteiger partial charge in [0.05, 0.1) is 5.25 Å². The van der Waals surface area contributed by atoms with Gasteiger partial charge >= 0.3 is 6.18 Å². The van der Waals surface area contributed by atoms with E-state index in [0.717, 1.165) is 9.37 Å². The fraction of sp³-hybridized carbons (Fsp3) is 0.500. The highest BCUT2D eigenvalue weighted by molar-refractivity contribution is 9.10. The van der Waals surface area contributed by atoms with Gasteiger partial charge in [0.25, 0.3) is 0 Å². The van der Waals surface area contributed by atoms with Crippen LogP contribution >= 0.6 is 27.7 Å². The summed E-state index contributed by atoms with van der Waals surface area (Å²) in [7, 11) is 0. The average Bonchev–Trinajstić information content (AvgIpc) is 2.43. The van der Waals surface area contributed by atoms with Gasteiger partial charge in [-0.1, -0.05) is 15.9 Å². The number of hydrogen-bond donors (Lipinski definition) is 1. The Hall–Kier alpha value is -0.730. The Balaban J connectivity index is 2.17. The zero-order valence-electron chi connectivity index (χ0n) is 12.0. The van der Waals surface area contributed by atoms with Crippen LogP contribution in [0.1, 0.15) is 13.3 Å². The monoisotopic (exact) mass is 399 g/mol. The molecule has 0 spiro atoms. The van der Waals surface area contributed by atoms with E-state index in [-0.39, 0.29) is 17.8 Å². The first-order chi connectivity index (χ1) is 10.3. The molecule has 22 heavy (non-hydrogen) atoms. The Morgan fingerprint density at radius 2 is 2.00 bits per heavy atom. The lowest BCUT2D eigenvalue weighted by Crippen LogP contribution is -2.32. The molecule has 1 amide bonds. The number of alkyl halides is 3. The summed E-state index contributed by atoms with van der Waals surface area (Å²) in [5.74, 6) is -0.149. The molecule has 0 heterocycles. The number of rotatable bonds is 8. The molecule has 0 radical (unpaired) electrons. The molecular formula is C14H17BrF3NO2S. The van der Waals surface area contributed by atoms with E-state index in [4.69, 9.17) is 0 Å². The van der Waals surface area contributed by atoms with Crippen LogP contribution in [0, 0.1) is 0 Å². The third-order valence-corrected chi connectivity index (χ3v) is 4.17. The molecule has 1 rings (SSSR count).